The van der Waals surface area contributed by atoms with E-state index in [0.29, 0.717) is 19.4 Å². The van der Waals surface area contributed by atoms with Crippen molar-refractivity contribution in [3.05, 3.63) is 29.6 Å². The number of hydrogen-bond acceptors (Lipinski definition) is 3. The van der Waals surface area contributed by atoms with Crippen molar-refractivity contribution < 1.29 is 14.7 Å². The Kier molecular flexibility index (Phi) is 5.96. The smallest absolute Gasteiger partial charge is 0.326 e. The first kappa shape index (κ1) is 15.9. The minimum Gasteiger partial charge on any atom is -0.480 e. The molecule has 1 rings (SSSR count). The normalized spacial score (nSPS) is 11.8. The quantitative estimate of drug-likeness (QED) is 0.831. The first-order valence-electron chi connectivity index (χ1n) is 6.61. The number of nitrogens with one attached hydrogen (secondary N) is 1. The Morgan fingerprint density at radius 1 is 1.45 bits per heavy atom. The SMILES string of the molecule is CCC[C@@H](NC(=O)N(C)Cc1cccc(C)n1)C(=O)O. The number of aryl methyl sites for hydroxylation is 1. The summed E-state index contributed by atoms with van der Waals surface area (Å²) in [5.74, 6) is -1.01. The predicted molar refractivity (Wildman–Crippen MR) is 75.3 cm³/mol. The lowest BCUT2D eigenvalue weighted by molar-refractivity contribution is -0.139. The molecule has 0 saturated carbocycles. The monoisotopic (exact) mass is 279 g/mol. The molecule has 1 aromatic heterocycles. The lowest BCUT2D eigenvalue weighted by Gasteiger charge is -2.21. The van der Waals surface area contributed by atoms with Crippen LogP contribution < -0.4 is 5.32 Å². The van der Waals surface area contributed by atoms with Gasteiger partial charge >= 0.3 is 12.0 Å². The fraction of sp³-hybridized carbons (Fsp3) is 0.500. The van der Waals surface area contributed by atoms with E-state index < -0.39 is 18.0 Å². The summed E-state index contributed by atoms with van der Waals surface area (Å²) in [6.45, 7) is 4.10. The molecule has 0 spiro atoms. The number of nitrogens with zero attached hydrogens (tertiary/aromatic N) is 2. The van der Waals surface area contributed by atoms with Crippen molar-refractivity contribution in [1.29, 1.82) is 0 Å². The van der Waals surface area contributed by atoms with E-state index in [1.807, 2.05) is 32.0 Å². The predicted octanol–water partition coefficient (Wildman–Crippen LogP) is 1.78. The van der Waals surface area contributed by atoms with Crippen molar-refractivity contribution in [2.24, 2.45) is 0 Å². The minimum absolute atomic E-state index is 0.339. The number of rotatable bonds is 6. The number of amides is 2. The highest BCUT2D eigenvalue weighted by molar-refractivity contribution is 5.82. The van der Waals surface area contributed by atoms with E-state index in [1.54, 1.807) is 7.05 Å². The first-order valence-corrected chi connectivity index (χ1v) is 6.61. The van der Waals surface area contributed by atoms with Crippen molar-refractivity contribution in [1.82, 2.24) is 15.2 Å². The van der Waals surface area contributed by atoms with Crippen LogP contribution in [-0.4, -0.2) is 40.1 Å². The summed E-state index contributed by atoms with van der Waals surface area (Å²) in [5.41, 5.74) is 1.65. The van der Waals surface area contributed by atoms with Crippen molar-refractivity contribution in [3.63, 3.8) is 0 Å². The lowest BCUT2D eigenvalue weighted by Crippen LogP contribution is -2.46. The molecule has 2 N–H and O–H groups in total. The van der Waals surface area contributed by atoms with Gasteiger partial charge in [0.1, 0.15) is 6.04 Å². The van der Waals surface area contributed by atoms with Gasteiger partial charge in [-0.25, -0.2) is 9.59 Å². The molecule has 0 bridgehead atoms. The van der Waals surface area contributed by atoms with E-state index in [1.165, 1.54) is 4.90 Å². The van der Waals surface area contributed by atoms with Gasteiger partial charge in [0, 0.05) is 12.7 Å². The van der Waals surface area contributed by atoms with Gasteiger partial charge in [0.25, 0.3) is 0 Å². The van der Waals surface area contributed by atoms with Gasteiger partial charge in [-0.05, 0) is 25.5 Å². The molecule has 6 heteroatoms. The number of carbonyl (C=O) groups is 2. The molecule has 2 amide bonds. The molecule has 0 aliphatic rings. The zero-order valence-corrected chi connectivity index (χ0v) is 12.1. The summed E-state index contributed by atoms with van der Waals surface area (Å²) in [6, 6.07) is 4.33. The van der Waals surface area contributed by atoms with Gasteiger partial charge in [0.15, 0.2) is 0 Å². The van der Waals surface area contributed by atoms with Gasteiger partial charge < -0.3 is 15.3 Å². The van der Waals surface area contributed by atoms with Crippen LogP contribution in [0.3, 0.4) is 0 Å². The molecule has 1 aromatic rings. The van der Waals surface area contributed by atoms with Crippen LogP contribution in [-0.2, 0) is 11.3 Å². The number of pyridine rings is 1. The van der Waals surface area contributed by atoms with Gasteiger partial charge in [-0.2, -0.15) is 0 Å². The standard InChI is InChI=1S/C14H21N3O3/c1-4-6-12(13(18)19)16-14(20)17(3)9-11-8-5-7-10(2)15-11/h5,7-8,12H,4,6,9H2,1-3H3,(H,16,20)(H,18,19)/t12-/m1/s1. The number of carboxylic acids is 1. The molecule has 1 atom stereocenters. The summed E-state index contributed by atoms with van der Waals surface area (Å²) >= 11 is 0. The topological polar surface area (TPSA) is 82.5 Å². The summed E-state index contributed by atoms with van der Waals surface area (Å²) in [4.78, 5) is 28.7. The molecule has 0 fully saturated rings. The van der Waals surface area contributed by atoms with Gasteiger partial charge in [-0.15, -0.1) is 0 Å². The minimum atomic E-state index is -1.01. The summed E-state index contributed by atoms with van der Waals surface area (Å²) in [5, 5.41) is 11.5. The zero-order valence-electron chi connectivity index (χ0n) is 12.1. The summed E-state index contributed by atoms with van der Waals surface area (Å²) in [6.07, 6.45) is 1.11. The largest absolute Gasteiger partial charge is 0.480 e. The van der Waals surface area contributed by atoms with E-state index in [2.05, 4.69) is 10.3 Å². The van der Waals surface area contributed by atoms with Crippen molar-refractivity contribution in [3.8, 4) is 0 Å². The summed E-state index contributed by atoms with van der Waals surface area (Å²) in [7, 11) is 1.62. The van der Waals surface area contributed by atoms with Crippen molar-refractivity contribution in [2.45, 2.75) is 39.3 Å². The molecular formula is C14H21N3O3. The second-order valence-corrected chi connectivity index (χ2v) is 4.76. The first-order chi connectivity index (χ1) is 9.43. The Morgan fingerprint density at radius 2 is 2.15 bits per heavy atom. The molecule has 20 heavy (non-hydrogen) atoms. The van der Waals surface area contributed by atoms with Gasteiger partial charge in [-0.3, -0.25) is 4.98 Å². The number of carbonyl (C=O) groups excluding carboxylic acids is 1. The highest BCUT2D eigenvalue weighted by Crippen LogP contribution is 2.03. The number of urea groups is 1. The maximum atomic E-state index is 11.9. The third-order valence-electron chi connectivity index (χ3n) is 2.87. The fourth-order valence-corrected chi connectivity index (χ4v) is 1.81. The summed E-state index contributed by atoms with van der Waals surface area (Å²) < 4.78 is 0. The highest BCUT2D eigenvalue weighted by atomic mass is 16.4. The van der Waals surface area contributed by atoms with Crippen LogP contribution in [0, 0.1) is 6.92 Å². The Morgan fingerprint density at radius 3 is 2.70 bits per heavy atom. The second kappa shape index (κ2) is 7.47. The van der Waals surface area contributed by atoms with Gasteiger partial charge in [-0.1, -0.05) is 19.4 Å². The molecule has 0 radical (unpaired) electrons. The van der Waals surface area contributed by atoms with E-state index in [-0.39, 0.29) is 0 Å². The molecule has 0 saturated heterocycles. The average Bonchev–Trinajstić information content (AvgIpc) is 2.37. The average molecular weight is 279 g/mol. The molecule has 0 aromatic carbocycles. The second-order valence-electron chi connectivity index (χ2n) is 4.76. The van der Waals surface area contributed by atoms with Crippen LogP contribution in [0.15, 0.2) is 18.2 Å². The third-order valence-corrected chi connectivity index (χ3v) is 2.87. The number of aliphatic carboxylic acids is 1. The molecule has 1 heterocycles. The third kappa shape index (κ3) is 4.87. The molecule has 110 valence electrons. The van der Waals surface area contributed by atoms with Gasteiger partial charge in [0.2, 0.25) is 0 Å². The maximum absolute atomic E-state index is 11.9. The Labute approximate surface area is 118 Å². The Balaban J connectivity index is 2.60. The Bertz CT molecular complexity index is 476. The molecule has 0 unspecified atom stereocenters. The molecule has 0 aliphatic carbocycles. The number of aromatic nitrogens is 1. The van der Waals surface area contributed by atoms with Crippen LogP contribution >= 0.6 is 0 Å². The zero-order chi connectivity index (χ0) is 15.1. The number of carboxylic acid groups (broad SMARTS) is 1. The Hall–Kier alpha value is -2.11. The number of hydrogen-bond donors (Lipinski definition) is 2. The van der Waals surface area contributed by atoms with Crippen LogP contribution in [0.25, 0.3) is 0 Å². The van der Waals surface area contributed by atoms with E-state index in [9.17, 15) is 9.59 Å². The van der Waals surface area contributed by atoms with E-state index in [4.69, 9.17) is 5.11 Å². The van der Waals surface area contributed by atoms with E-state index in [0.717, 1.165) is 11.4 Å². The van der Waals surface area contributed by atoms with Crippen LogP contribution in [0.1, 0.15) is 31.2 Å². The highest BCUT2D eigenvalue weighted by Gasteiger charge is 2.20. The van der Waals surface area contributed by atoms with Crippen molar-refractivity contribution >= 4 is 12.0 Å². The maximum Gasteiger partial charge on any atom is 0.326 e. The van der Waals surface area contributed by atoms with Crippen LogP contribution in [0.2, 0.25) is 0 Å². The molecular weight excluding hydrogens is 258 g/mol. The van der Waals surface area contributed by atoms with E-state index >= 15 is 0 Å². The van der Waals surface area contributed by atoms with Crippen LogP contribution in [0.4, 0.5) is 4.79 Å². The van der Waals surface area contributed by atoms with Crippen LogP contribution in [0.5, 0.6) is 0 Å². The molecule has 0 aliphatic heterocycles. The van der Waals surface area contributed by atoms with Gasteiger partial charge in [0.05, 0.1) is 12.2 Å². The lowest BCUT2D eigenvalue weighted by atomic mass is 10.2. The fourth-order valence-electron chi connectivity index (χ4n) is 1.81. The van der Waals surface area contributed by atoms with Crippen molar-refractivity contribution in [2.75, 3.05) is 7.05 Å². The molecule has 6 nitrogen and oxygen atoms in total.